The van der Waals surface area contributed by atoms with Crippen molar-refractivity contribution in [2.24, 2.45) is 4.99 Å². The second kappa shape index (κ2) is 9.62. The molecule has 0 saturated heterocycles. The Morgan fingerprint density at radius 3 is 2.39 bits per heavy atom. The Balaban J connectivity index is 1.63. The lowest BCUT2D eigenvalue weighted by atomic mass is 10.1. The fraction of sp³-hybridized carbons (Fsp3) is 0.316. The lowest BCUT2D eigenvalue weighted by Crippen LogP contribution is -2.38. The van der Waals surface area contributed by atoms with Gasteiger partial charge in [0.25, 0.3) is 0 Å². The predicted octanol–water partition coefficient (Wildman–Crippen LogP) is 3.17. The maximum absolute atomic E-state index is 13.1. The van der Waals surface area contributed by atoms with Crippen LogP contribution in [0.15, 0.2) is 59.6 Å². The Morgan fingerprint density at radius 1 is 0.913 bits per heavy atom. The fourth-order valence-electron chi connectivity index (χ4n) is 2.38. The number of nitrogens with one attached hydrogen (secondary N) is 2. The Bertz CT molecular complexity index is 611. The first-order valence-electron chi connectivity index (χ1n) is 8.01. The Hall–Kier alpha value is -2.36. The van der Waals surface area contributed by atoms with Gasteiger partial charge in [-0.25, -0.2) is 4.39 Å². The van der Waals surface area contributed by atoms with Crippen LogP contribution >= 0.6 is 0 Å². The second-order valence-electron chi connectivity index (χ2n) is 5.39. The quantitative estimate of drug-likeness (QED) is 0.468. The summed E-state index contributed by atoms with van der Waals surface area (Å²) >= 11 is 0. The molecular formula is C19H24FN3. The summed E-state index contributed by atoms with van der Waals surface area (Å²) in [6.07, 6.45) is 2.75. The third kappa shape index (κ3) is 6.51. The average molecular weight is 313 g/mol. The number of hydrogen-bond acceptors (Lipinski definition) is 1. The molecule has 4 heteroatoms. The van der Waals surface area contributed by atoms with Gasteiger partial charge in [0, 0.05) is 20.1 Å². The highest BCUT2D eigenvalue weighted by Gasteiger charge is 1.99. The van der Waals surface area contributed by atoms with Gasteiger partial charge in [-0.15, -0.1) is 0 Å². The molecule has 0 unspecified atom stereocenters. The zero-order valence-corrected chi connectivity index (χ0v) is 13.6. The largest absolute Gasteiger partial charge is 0.356 e. The molecule has 0 radical (unpaired) electrons. The molecule has 3 nitrogen and oxygen atoms in total. The van der Waals surface area contributed by atoms with Gasteiger partial charge in [-0.2, -0.15) is 0 Å². The van der Waals surface area contributed by atoms with Crippen LogP contribution in [0.3, 0.4) is 0 Å². The van der Waals surface area contributed by atoms with E-state index < -0.39 is 0 Å². The van der Waals surface area contributed by atoms with Crippen molar-refractivity contribution >= 4 is 5.96 Å². The van der Waals surface area contributed by atoms with Crippen LogP contribution in [0.2, 0.25) is 0 Å². The van der Waals surface area contributed by atoms with E-state index in [1.807, 2.05) is 12.1 Å². The number of rotatable bonds is 7. The van der Waals surface area contributed by atoms with Crippen molar-refractivity contribution < 1.29 is 4.39 Å². The van der Waals surface area contributed by atoms with Crippen LogP contribution in [0.5, 0.6) is 0 Å². The molecule has 0 aliphatic heterocycles. The molecular weight excluding hydrogens is 289 g/mol. The van der Waals surface area contributed by atoms with E-state index in [9.17, 15) is 4.39 Å². The highest BCUT2D eigenvalue weighted by Crippen LogP contribution is 2.05. The van der Waals surface area contributed by atoms with Gasteiger partial charge >= 0.3 is 0 Å². The Kier molecular flexibility index (Phi) is 7.11. The summed E-state index contributed by atoms with van der Waals surface area (Å²) in [5.74, 6) is 0.633. The highest BCUT2D eigenvalue weighted by molar-refractivity contribution is 5.79. The molecule has 122 valence electrons. The summed E-state index contributed by atoms with van der Waals surface area (Å²) in [5.41, 5.74) is 2.33. The van der Waals surface area contributed by atoms with Crippen molar-refractivity contribution in [3.05, 3.63) is 71.5 Å². The normalized spacial score (nSPS) is 11.3. The Labute approximate surface area is 137 Å². The molecule has 0 amide bonds. The highest BCUT2D eigenvalue weighted by atomic mass is 19.1. The summed E-state index contributed by atoms with van der Waals surface area (Å²) in [6.45, 7) is 1.65. The van der Waals surface area contributed by atoms with Gasteiger partial charge < -0.3 is 10.6 Å². The second-order valence-corrected chi connectivity index (χ2v) is 5.39. The molecule has 0 aliphatic carbocycles. The SMILES string of the molecule is CN=C(NCCCc1cccc(F)c1)NCCc1ccccc1. The monoisotopic (exact) mass is 313 g/mol. The van der Waals surface area contributed by atoms with Gasteiger partial charge in [0.15, 0.2) is 5.96 Å². The summed E-state index contributed by atoms with van der Waals surface area (Å²) in [5, 5.41) is 6.59. The third-order valence-electron chi connectivity index (χ3n) is 3.60. The molecule has 23 heavy (non-hydrogen) atoms. The number of aliphatic imine (C=N–C) groups is 1. The first-order chi connectivity index (χ1) is 11.3. The van der Waals surface area contributed by atoms with Gasteiger partial charge in [-0.1, -0.05) is 42.5 Å². The maximum Gasteiger partial charge on any atom is 0.190 e. The van der Waals surface area contributed by atoms with Crippen LogP contribution in [-0.4, -0.2) is 26.1 Å². The minimum Gasteiger partial charge on any atom is -0.356 e. The molecule has 0 fully saturated rings. The number of aryl methyl sites for hydroxylation is 1. The van der Waals surface area contributed by atoms with Gasteiger partial charge in [0.1, 0.15) is 5.82 Å². The number of nitrogens with zero attached hydrogens (tertiary/aromatic N) is 1. The summed E-state index contributed by atoms with van der Waals surface area (Å²) in [7, 11) is 1.77. The van der Waals surface area contributed by atoms with Crippen LogP contribution < -0.4 is 10.6 Å². The number of halogens is 1. The molecule has 2 aromatic rings. The van der Waals surface area contributed by atoms with E-state index in [0.29, 0.717) is 0 Å². The summed E-state index contributed by atoms with van der Waals surface area (Å²) < 4.78 is 13.1. The lowest BCUT2D eigenvalue weighted by Gasteiger charge is -2.12. The molecule has 0 bridgehead atoms. The number of hydrogen-bond donors (Lipinski definition) is 2. The smallest absolute Gasteiger partial charge is 0.190 e. The van der Waals surface area contributed by atoms with E-state index in [1.54, 1.807) is 19.2 Å². The molecule has 2 aromatic carbocycles. The molecule has 0 aliphatic rings. The third-order valence-corrected chi connectivity index (χ3v) is 3.60. The Morgan fingerprint density at radius 2 is 1.65 bits per heavy atom. The van der Waals surface area contributed by atoms with Crippen molar-refractivity contribution in [1.82, 2.24) is 10.6 Å². The van der Waals surface area contributed by atoms with Gasteiger partial charge in [-0.3, -0.25) is 4.99 Å². The van der Waals surface area contributed by atoms with Gasteiger partial charge in [-0.05, 0) is 42.5 Å². The van der Waals surface area contributed by atoms with Crippen LogP contribution in [-0.2, 0) is 12.8 Å². The summed E-state index contributed by atoms with van der Waals surface area (Å²) in [4.78, 5) is 4.21. The van der Waals surface area contributed by atoms with Crippen molar-refractivity contribution in [3.63, 3.8) is 0 Å². The molecule has 0 atom stereocenters. The van der Waals surface area contributed by atoms with Crippen LogP contribution in [0.25, 0.3) is 0 Å². The zero-order chi connectivity index (χ0) is 16.3. The van der Waals surface area contributed by atoms with Crippen molar-refractivity contribution in [1.29, 1.82) is 0 Å². The topological polar surface area (TPSA) is 36.4 Å². The molecule has 2 N–H and O–H groups in total. The minimum absolute atomic E-state index is 0.172. The van der Waals surface area contributed by atoms with E-state index in [2.05, 4.69) is 39.9 Å². The number of guanidine groups is 1. The van der Waals surface area contributed by atoms with Crippen LogP contribution in [0.4, 0.5) is 4.39 Å². The lowest BCUT2D eigenvalue weighted by molar-refractivity contribution is 0.624. The van der Waals surface area contributed by atoms with Crippen LogP contribution in [0, 0.1) is 5.82 Å². The zero-order valence-electron chi connectivity index (χ0n) is 13.6. The molecule has 0 spiro atoms. The van der Waals surface area contributed by atoms with E-state index in [-0.39, 0.29) is 5.82 Å². The predicted molar refractivity (Wildman–Crippen MR) is 94.2 cm³/mol. The van der Waals surface area contributed by atoms with Crippen molar-refractivity contribution in [3.8, 4) is 0 Å². The van der Waals surface area contributed by atoms with E-state index in [0.717, 1.165) is 43.9 Å². The molecule has 0 saturated carbocycles. The van der Waals surface area contributed by atoms with E-state index >= 15 is 0 Å². The minimum atomic E-state index is -0.172. The molecule has 0 aromatic heterocycles. The standard InChI is InChI=1S/C19H24FN3/c1-21-19(23-14-12-16-7-3-2-4-8-16)22-13-6-10-17-9-5-11-18(20)15-17/h2-5,7-9,11,15H,6,10,12-14H2,1H3,(H2,21,22,23). The van der Waals surface area contributed by atoms with Gasteiger partial charge in [0.05, 0.1) is 0 Å². The van der Waals surface area contributed by atoms with E-state index in [1.165, 1.54) is 11.6 Å². The first kappa shape index (κ1) is 17.0. The van der Waals surface area contributed by atoms with Crippen molar-refractivity contribution in [2.45, 2.75) is 19.3 Å². The van der Waals surface area contributed by atoms with E-state index in [4.69, 9.17) is 0 Å². The fourth-order valence-corrected chi connectivity index (χ4v) is 2.38. The first-order valence-corrected chi connectivity index (χ1v) is 8.01. The number of benzene rings is 2. The average Bonchev–Trinajstić information content (AvgIpc) is 2.58. The molecule has 0 heterocycles. The molecule has 2 rings (SSSR count). The van der Waals surface area contributed by atoms with Crippen LogP contribution in [0.1, 0.15) is 17.5 Å². The van der Waals surface area contributed by atoms with Crippen molar-refractivity contribution in [2.75, 3.05) is 20.1 Å². The summed E-state index contributed by atoms with van der Waals surface area (Å²) in [6, 6.07) is 17.1. The van der Waals surface area contributed by atoms with Gasteiger partial charge in [0.2, 0.25) is 0 Å². The maximum atomic E-state index is 13.1.